The smallest absolute Gasteiger partial charge is 0.262 e. The van der Waals surface area contributed by atoms with Crippen LogP contribution in [0.2, 0.25) is 0 Å². The topological polar surface area (TPSA) is 113 Å². The Balaban J connectivity index is 1.52. The van der Waals surface area contributed by atoms with E-state index in [9.17, 15) is 21.6 Å². The molecule has 0 spiro atoms. The molecule has 3 aromatic carbocycles. The van der Waals surface area contributed by atoms with E-state index in [1.165, 1.54) is 16.4 Å². The normalized spacial score (nSPS) is 16.9. The van der Waals surface area contributed by atoms with Crippen molar-refractivity contribution in [2.45, 2.75) is 42.4 Å². The van der Waals surface area contributed by atoms with Gasteiger partial charge in [0.2, 0.25) is 10.0 Å². The average molecular weight is 500 g/mol. The summed E-state index contributed by atoms with van der Waals surface area (Å²) in [5.41, 5.74) is 1.71. The van der Waals surface area contributed by atoms with Gasteiger partial charge in [-0.1, -0.05) is 31.0 Å². The van der Waals surface area contributed by atoms with Gasteiger partial charge in [0.05, 0.1) is 15.5 Å². The van der Waals surface area contributed by atoms with Crippen LogP contribution < -0.4 is 10.0 Å². The molecule has 1 saturated heterocycles. The van der Waals surface area contributed by atoms with Gasteiger partial charge in [0.25, 0.3) is 15.9 Å². The minimum atomic E-state index is -4.07. The van der Waals surface area contributed by atoms with E-state index in [4.69, 9.17) is 0 Å². The first-order valence-corrected chi connectivity index (χ1v) is 14.1. The molecule has 1 amide bonds. The van der Waals surface area contributed by atoms with Crippen LogP contribution in [-0.2, 0) is 20.0 Å². The van der Waals surface area contributed by atoms with E-state index in [0.29, 0.717) is 40.7 Å². The van der Waals surface area contributed by atoms with Gasteiger partial charge in [-0.2, -0.15) is 4.31 Å². The third-order valence-corrected chi connectivity index (χ3v) is 9.89. The highest BCUT2D eigenvalue weighted by atomic mass is 32.2. The molecule has 1 fully saturated rings. The Morgan fingerprint density at radius 1 is 0.882 bits per heavy atom. The van der Waals surface area contributed by atoms with Gasteiger partial charge in [0.15, 0.2) is 0 Å². The number of nitrogens with one attached hydrogen (secondary N) is 2. The van der Waals surface area contributed by atoms with Crippen molar-refractivity contribution >= 4 is 48.1 Å². The van der Waals surface area contributed by atoms with Crippen molar-refractivity contribution in [3.8, 4) is 0 Å². The maximum atomic E-state index is 13.4. The van der Waals surface area contributed by atoms with Crippen LogP contribution in [0, 0.1) is 6.92 Å². The maximum absolute atomic E-state index is 13.4. The predicted molar refractivity (Wildman–Crippen MR) is 131 cm³/mol. The number of hydrogen-bond donors (Lipinski definition) is 2. The van der Waals surface area contributed by atoms with Crippen molar-refractivity contribution < 1.29 is 21.6 Å². The molecule has 5 rings (SSSR count). The Labute approximate surface area is 199 Å². The highest BCUT2D eigenvalue weighted by Gasteiger charge is 2.29. The van der Waals surface area contributed by atoms with Crippen LogP contribution in [0.3, 0.4) is 0 Å². The molecule has 34 heavy (non-hydrogen) atoms. The summed E-state index contributed by atoms with van der Waals surface area (Å²) >= 11 is 0. The van der Waals surface area contributed by atoms with Gasteiger partial charge in [-0.05, 0) is 55.7 Å². The number of rotatable bonds is 5. The standard InChI is InChI=1S/C24H25N3O5S2/c1-16-9-10-17(15-22(16)34(31,32)27-13-4-2-3-5-14-27)26-33(29,30)21-12-11-20-23-18(21)7-6-8-19(23)24(28)25-20/h6-12,15,26H,2-5,13-14H2,1H3,(H,25,28). The Hall–Kier alpha value is -2.95. The summed E-state index contributed by atoms with van der Waals surface area (Å²) in [6.07, 6.45) is 3.63. The van der Waals surface area contributed by atoms with E-state index < -0.39 is 20.0 Å². The van der Waals surface area contributed by atoms with Crippen LogP contribution in [0.1, 0.15) is 41.6 Å². The second-order valence-electron chi connectivity index (χ2n) is 8.70. The van der Waals surface area contributed by atoms with Gasteiger partial charge < -0.3 is 5.32 Å². The first-order chi connectivity index (χ1) is 16.2. The van der Waals surface area contributed by atoms with Gasteiger partial charge in [-0.15, -0.1) is 0 Å². The van der Waals surface area contributed by atoms with Crippen LogP contribution in [-0.4, -0.2) is 40.1 Å². The summed E-state index contributed by atoms with van der Waals surface area (Å²) in [7, 11) is -7.82. The van der Waals surface area contributed by atoms with E-state index in [1.807, 2.05) is 0 Å². The van der Waals surface area contributed by atoms with Crippen molar-refractivity contribution in [2.75, 3.05) is 23.1 Å². The number of carbonyl (C=O) groups excluding carboxylic acids is 1. The molecule has 0 aromatic heterocycles. The molecule has 2 aliphatic heterocycles. The quantitative estimate of drug-likeness (QED) is 0.549. The Morgan fingerprint density at radius 3 is 2.35 bits per heavy atom. The lowest BCUT2D eigenvalue weighted by atomic mass is 10.1. The van der Waals surface area contributed by atoms with Crippen molar-refractivity contribution in [1.29, 1.82) is 0 Å². The first kappa shape index (κ1) is 22.8. The van der Waals surface area contributed by atoms with E-state index in [0.717, 1.165) is 25.7 Å². The number of hydrogen-bond acceptors (Lipinski definition) is 5. The van der Waals surface area contributed by atoms with Crippen LogP contribution in [0.4, 0.5) is 11.4 Å². The lowest BCUT2D eigenvalue weighted by Crippen LogP contribution is -2.32. The summed E-state index contributed by atoms with van der Waals surface area (Å²) in [4.78, 5) is 12.3. The number of aryl methyl sites for hydroxylation is 1. The largest absolute Gasteiger partial charge is 0.321 e. The monoisotopic (exact) mass is 499 g/mol. The lowest BCUT2D eigenvalue weighted by Gasteiger charge is -2.21. The van der Waals surface area contributed by atoms with Crippen LogP contribution in [0.25, 0.3) is 10.8 Å². The molecule has 3 aromatic rings. The zero-order valence-corrected chi connectivity index (χ0v) is 20.3. The summed E-state index contributed by atoms with van der Waals surface area (Å²) < 4.78 is 57.4. The molecule has 0 unspecified atom stereocenters. The molecule has 2 aliphatic rings. The summed E-state index contributed by atoms with van der Waals surface area (Å²) in [5, 5.41) is 3.72. The highest BCUT2D eigenvalue weighted by molar-refractivity contribution is 7.93. The molecule has 0 radical (unpaired) electrons. The molecular formula is C24H25N3O5S2. The molecule has 0 aliphatic carbocycles. The fourth-order valence-corrected chi connectivity index (χ4v) is 7.69. The van der Waals surface area contributed by atoms with Crippen LogP contribution in [0.15, 0.2) is 58.3 Å². The lowest BCUT2D eigenvalue weighted by molar-refractivity contribution is 0.103. The van der Waals surface area contributed by atoms with Crippen molar-refractivity contribution in [1.82, 2.24) is 4.31 Å². The Morgan fingerprint density at radius 2 is 1.62 bits per heavy atom. The van der Waals surface area contributed by atoms with Crippen LogP contribution in [0.5, 0.6) is 0 Å². The summed E-state index contributed by atoms with van der Waals surface area (Å²) in [5.74, 6) is -0.273. The number of carbonyl (C=O) groups is 1. The van der Waals surface area contributed by atoms with Gasteiger partial charge in [-0.3, -0.25) is 9.52 Å². The number of amides is 1. The van der Waals surface area contributed by atoms with E-state index in [2.05, 4.69) is 10.0 Å². The first-order valence-electron chi connectivity index (χ1n) is 11.2. The molecule has 2 N–H and O–H groups in total. The fourth-order valence-electron chi connectivity index (χ4n) is 4.67. The fraction of sp³-hybridized carbons (Fsp3) is 0.292. The van der Waals surface area contributed by atoms with Crippen molar-refractivity contribution in [3.05, 3.63) is 59.7 Å². The molecule has 2 heterocycles. The second kappa shape index (κ2) is 8.37. The molecule has 8 nitrogen and oxygen atoms in total. The zero-order valence-electron chi connectivity index (χ0n) is 18.7. The van der Waals surface area contributed by atoms with Crippen molar-refractivity contribution in [3.63, 3.8) is 0 Å². The highest BCUT2D eigenvalue weighted by Crippen LogP contribution is 2.37. The molecule has 10 heteroatoms. The molecule has 0 bridgehead atoms. The van der Waals surface area contributed by atoms with Gasteiger partial charge >= 0.3 is 0 Å². The molecule has 0 saturated carbocycles. The zero-order chi connectivity index (χ0) is 24.1. The number of benzene rings is 3. The molecule has 0 atom stereocenters. The van der Waals surface area contributed by atoms with E-state index in [1.54, 1.807) is 43.3 Å². The number of sulfonamides is 2. The van der Waals surface area contributed by atoms with E-state index in [-0.39, 0.29) is 21.4 Å². The van der Waals surface area contributed by atoms with Crippen LogP contribution >= 0.6 is 0 Å². The summed E-state index contributed by atoms with van der Waals surface area (Å²) in [6.45, 7) is 2.63. The van der Waals surface area contributed by atoms with Gasteiger partial charge in [-0.25, -0.2) is 16.8 Å². The third kappa shape index (κ3) is 3.85. The summed E-state index contributed by atoms with van der Waals surface area (Å²) in [6, 6.07) is 12.5. The predicted octanol–water partition coefficient (Wildman–Crippen LogP) is 4.08. The average Bonchev–Trinajstić information content (AvgIpc) is 2.97. The SMILES string of the molecule is Cc1ccc(NS(=O)(=O)c2ccc3c4c(cccc24)C(=O)N3)cc1S(=O)(=O)N1CCCCCC1. The minimum Gasteiger partial charge on any atom is -0.321 e. The molecule has 178 valence electrons. The van der Waals surface area contributed by atoms with Gasteiger partial charge in [0, 0.05) is 35.1 Å². The van der Waals surface area contributed by atoms with Crippen molar-refractivity contribution in [2.24, 2.45) is 0 Å². The third-order valence-electron chi connectivity index (χ3n) is 6.41. The van der Waals surface area contributed by atoms with E-state index >= 15 is 0 Å². The maximum Gasteiger partial charge on any atom is 0.262 e. The van der Waals surface area contributed by atoms with Gasteiger partial charge in [0.1, 0.15) is 0 Å². The second-order valence-corrected chi connectivity index (χ2v) is 12.3. The number of anilines is 2. The Bertz CT molecular complexity index is 1520. The Kier molecular flexibility index (Phi) is 5.62. The molecular weight excluding hydrogens is 474 g/mol. The minimum absolute atomic E-state index is 0.0158. The number of nitrogens with zero attached hydrogens (tertiary/aromatic N) is 1.